The molecule has 0 N–H and O–H groups in total. The third-order valence-electron chi connectivity index (χ3n) is 4.37. The number of nitrogens with zero attached hydrogens (tertiary/aromatic N) is 3. The first-order valence-electron chi connectivity index (χ1n) is 7.10. The summed E-state index contributed by atoms with van der Waals surface area (Å²) in [5, 5.41) is 3.77. The van der Waals surface area contributed by atoms with Gasteiger partial charge in [-0.25, -0.2) is 0 Å². The lowest BCUT2D eigenvalue weighted by Crippen LogP contribution is -2.33. The molecule has 0 aromatic rings. The maximum atomic E-state index is 8.49. The molecule has 3 nitrogen and oxygen atoms in total. The lowest BCUT2D eigenvalue weighted by atomic mass is 9.59. The summed E-state index contributed by atoms with van der Waals surface area (Å²) < 4.78 is 0. The first-order chi connectivity index (χ1) is 8.36. The van der Waals surface area contributed by atoms with Crippen molar-refractivity contribution in [2.75, 3.05) is 0 Å². The molecule has 1 unspecified atom stereocenters. The molecule has 0 aromatic heterocycles. The molecule has 0 spiro atoms. The number of hydrogen-bond acceptors (Lipinski definition) is 1. The Morgan fingerprint density at radius 3 is 2.44 bits per heavy atom. The van der Waals surface area contributed by atoms with E-state index in [1.54, 1.807) is 0 Å². The fourth-order valence-corrected chi connectivity index (χ4v) is 3.62. The third-order valence-corrected chi connectivity index (χ3v) is 4.37. The predicted octanol–water partition coefficient (Wildman–Crippen LogP) is 5.63. The minimum absolute atomic E-state index is 0.0229. The monoisotopic (exact) mass is 249 g/mol. The summed E-state index contributed by atoms with van der Waals surface area (Å²) >= 11 is 0. The van der Waals surface area contributed by atoms with Crippen molar-refractivity contribution in [2.24, 2.45) is 15.9 Å². The topological polar surface area (TPSA) is 48.8 Å². The summed E-state index contributed by atoms with van der Waals surface area (Å²) in [7, 11) is 0. The van der Waals surface area contributed by atoms with E-state index in [4.69, 9.17) is 5.53 Å². The summed E-state index contributed by atoms with van der Waals surface area (Å²) in [6.45, 7) is 11.3. The van der Waals surface area contributed by atoms with Gasteiger partial charge in [-0.05, 0) is 35.6 Å². The van der Waals surface area contributed by atoms with E-state index in [0.717, 1.165) is 6.42 Å². The average molecular weight is 249 g/mol. The fraction of sp³-hybridized carbons (Fsp3) is 0.867. The first-order valence-corrected chi connectivity index (χ1v) is 7.10. The number of azide groups is 1. The normalized spacial score (nSPS) is 25.5. The van der Waals surface area contributed by atoms with Gasteiger partial charge < -0.3 is 0 Å². The smallest absolute Gasteiger partial charge is 0.0529 e. The molecule has 0 aromatic carbocycles. The highest BCUT2D eigenvalue weighted by atomic mass is 15.1. The highest BCUT2D eigenvalue weighted by Crippen LogP contribution is 2.52. The minimum Gasteiger partial charge on any atom is -0.0868 e. The Labute approximate surface area is 111 Å². The first kappa shape index (κ1) is 15.1. The van der Waals surface area contributed by atoms with E-state index in [2.05, 4.69) is 43.8 Å². The maximum absolute atomic E-state index is 8.49. The van der Waals surface area contributed by atoms with Crippen molar-refractivity contribution in [3.05, 3.63) is 22.1 Å². The van der Waals surface area contributed by atoms with Crippen molar-refractivity contribution in [3.8, 4) is 0 Å². The molecular weight excluding hydrogens is 222 g/mol. The third kappa shape index (κ3) is 3.78. The van der Waals surface area contributed by atoms with Gasteiger partial charge in [-0.3, -0.25) is 0 Å². The van der Waals surface area contributed by atoms with Gasteiger partial charge in [0.1, 0.15) is 0 Å². The lowest BCUT2D eigenvalue weighted by molar-refractivity contribution is 0.108. The average Bonchev–Trinajstić information content (AvgIpc) is 2.27. The van der Waals surface area contributed by atoms with Gasteiger partial charge >= 0.3 is 0 Å². The number of rotatable bonds is 4. The standard InChI is InChI=1S/C15H27N3/c1-6-15(7-2)10-13(8-12(3)17-18-16)9-14(4,5)11-15/h8,12H,6-7,9-11H2,1-5H3/b13-8-. The zero-order valence-electron chi connectivity index (χ0n) is 12.5. The van der Waals surface area contributed by atoms with Gasteiger partial charge in [0, 0.05) is 4.91 Å². The number of hydrogen-bond donors (Lipinski definition) is 0. The van der Waals surface area contributed by atoms with Crippen molar-refractivity contribution >= 4 is 0 Å². The molecule has 0 aliphatic heterocycles. The Kier molecular flexibility index (Phi) is 4.86. The van der Waals surface area contributed by atoms with Crippen molar-refractivity contribution in [3.63, 3.8) is 0 Å². The van der Waals surface area contributed by atoms with E-state index in [0.29, 0.717) is 10.8 Å². The van der Waals surface area contributed by atoms with Crippen LogP contribution in [0.25, 0.3) is 10.4 Å². The Balaban J connectivity index is 2.97. The van der Waals surface area contributed by atoms with Crippen molar-refractivity contribution in [1.82, 2.24) is 0 Å². The molecule has 1 rings (SSSR count). The van der Waals surface area contributed by atoms with Crippen LogP contribution in [0.15, 0.2) is 16.8 Å². The Hall–Kier alpha value is -0.950. The summed E-state index contributed by atoms with van der Waals surface area (Å²) in [6, 6.07) is -0.0229. The molecule has 0 heterocycles. The van der Waals surface area contributed by atoms with Gasteiger partial charge in [-0.15, -0.1) is 0 Å². The lowest BCUT2D eigenvalue weighted by Gasteiger charge is -2.46. The molecule has 1 saturated carbocycles. The fourth-order valence-electron chi connectivity index (χ4n) is 3.62. The second-order valence-electron chi connectivity index (χ2n) is 6.67. The molecule has 3 heteroatoms. The van der Waals surface area contributed by atoms with Gasteiger partial charge in [0.05, 0.1) is 6.04 Å². The van der Waals surface area contributed by atoms with Gasteiger partial charge in [0.15, 0.2) is 0 Å². The second-order valence-corrected chi connectivity index (χ2v) is 6.67. The van der Waals surface area contributed by atoms with E-state index in [9.17, 15) is 0 Å². The maximum Gasteiger partial charge on any atom is 0.0529 e. The SMILES string of the molecule is CCC1(CC)C/C(=C\C(C)N=[N+]=[N-])CC(C)(C)C1. The predicted molar refractivity (Wildman–Crippen MR) is 77.3 cm³/mol. The molecule has 18 heavy (non-hydrogen) atoms. The summed E-state index contributed by atoms with van der Waals surface area (Å²) in [5.41, 5.74) is 10.8. The second kappa shape index (κ2) is 5.79. The molecule has 0 bridgehead atoms. The summed E-state index contributed by atoms with van der Waals surface area (Å²) in [6.07, 6.45) is 8.27. The van der Waals surface area contributed by atoms with Crippen LogP contribution in [-0.4, -0.2) is 6.04 Å². The highest BCUT2D eigenvalue weighted by molar-refractivity contribution is 5.15. The molecule has 0 radical (unpaired) electrons. The van der Waals surface area contributed by atoms with Crippen molar-refractivity contribution < 1.29 is 0 Å². The molecule has 0 amide bonds. The van der Waals surface area contributed by atoms with E-state index >= 15 is 0 Å². The zero-order chi connectivity index (χ0) is 13.8. The van der Waals surface area contributed by atoms with Gasteiger partial charge in [0.2, 0.25) is 0 Å². The highest BCUT2D eigenvalue weighted by Gasteiger charge is 2.39. The quantitative estimate of drug-likeness (QED) is 0.268. The van der Waals surface area contributed by atoms with Gasteiger partial charge in [0.25, 0.3) is 0 Å². The van der Waals surface area contributed by atoms with Crippen LogP contribution in [0.3, 0.4) is 0 Å². The van der Waals surface area contributed by atoms with Crippen molar-refractivity contribution in [1.29, 1.82) is 0 Å². The Morgan fingerprint density at radius 1 is 1.33 bits per heavy atom. The van der Waals surface area contributed by atoms with E-state index < -0.39 is 0 Å². The van der Waals surface area contributed by atoms with Crippen LogP contribution >= 0.6 is 0 Å². The number of allylic oxidation sites excluding steroid dienone is 1. The van der Waals surface area contributed by atoms with Gasteiger partial charge in [-0.1, -0.05) is 64.2 Å². The molecule has 1 aliphatic carbocycles. The van der Waals surface area contributed by atoms with Crippen LogP contribution in [0.2, 0.25) is 0 Å². The largest absolute Gasteiger partial charge is 0.0868 e. The summed E-state index contributed by atoms with van der Waals surface area (Å²) in [5.74, 6) is 0. The molecule has 1 atom stereocenters. The Bertz CT molecular complexity index is 358. The van der Waals surface area contributed by atoms with Crippen LogP contribution in [-0.2, 0) is 0 Å². The molecule has 1 aliphatic rings. The van der Waals surface area contributed by atoms with Gasteiger partial charge in [-0.2, -0.15) is 0 Å². The van der Waals surface area contributed by atoms with Crippen LogP contribution in [0.4, 0.5) is 0 Å². The van der Waals surface area contributed by atoms with Crippen LogP contribution in [0, 0.1) is 10.8 Å². The molecular formula is C15H27N3. The molecule has 102 valence electrons. The Morgan fingerprint density at radius 2 is 1.94 bits per heavy atom. The molecule has 0 saturated heterocycles. The van der Waals surface area contributed by atoms with E-state index in [1.165, 1.54) is 31.3 Å². The van der Waals surface area contributed by atoms with Crippen LogP contribution in [0.5, 0.6) is 0 Å². The minimum atomic E-state index is -0.0229. The van der Waals surface area contributed by atoms with E-state index in [1.807, 2.05) is 6.92 Å². The molecule has 1 fully saturated rings. The van der Waals surface area contributed by atoms with E-state index in [-0.39, 0.29) is 6.04 Å². The summed E-state index contributed by atoms with van der Waals surface area (Å²) in [4.78, 5) is 2.89. The van der Waals surface area contributed by atoms with Crippen LogP contribution in [0.1, 0.15) is 66.7 Å². The van der Waals surface area contributed by atoms with Crippen molar-refractivity contribution in [2.45, 2.75) is 72.8 Å². The van der Waals surface area contributed by atoms with Crippen LogP contribution < -0.4 is 0 Å². The zero-order valence-corrected chi connectivity index (χ0v) is 12.5.